The highest BCUT2D eigenvalue weighted by molar-refractivity contribution is 6.33. The van der Waals surface area contributed by atoms with E-state index < -0.39 is 0 Å². The maximum absolute atomic E-state index is 6.40. The third-order valence-corrected chi connectivity index (χ3v) is 4.39. The van der Waals surface area contributed by atoms with E-state index in [0.717, 1.165) is 54.5 Å². The normalized spacial score (nSPS) is 15.3. The van der Waals surface area contributed by atoms with E-state index in [-0.39, 0.29) is 0 Å². The number of imidazole rings is 1. The Morgan fingerprint density at radius 2 is 2.04 bits per heavy atom. The molecule has 0 unspecified atom stereocenters. The van der Waals surface area contributed by atoms with Crippen LogP contribution in [0.3, 0.4) is 0 Å². The number of nitrogens with one attached hydrogen (secondary N) is 1. The lowest BCUT2D eigenvalue weighted by Crippen LogP contribution is -2.36. The topological polar surface area (TPSA) is 54.0 Å². The van der Waals surface area contributed by atoms with Crippen LogP contribution in [0.5, 0.6) is 0 Å². The molecule has 1 fully saturated rings. The highest BCUT2D eigenvalue weighted by Gasteiger charge is 2.15. The van der Waals surface area contributed by atoms with Crippen LogP contribution < -0.4 is 4.90 Å². The second kappa shape index (κ2) is 5.83. The van der Waals surface area contributed by atoms with Crippen molar-refractivity contribution in [2.45, 2.75) is 6.92 Å². The molecule has 2 aromatic heterocycles. The number of H-pyrrole nitrogens is 1. The molecule has 1 aromatic carbocycles. The minimum Gasteiger partial charge on any atom is -0.378 e. The van der Waals surface area contributed by atoms with E-state index >= 15 is 0 Å². The molecule has 0 amide bonds. The summed E-state index contributed by atoms with van der Waals surface area (Å²) in [7, 11) is 0. The number of benzene rings is 1. The summed E-state index contributed by atoms with van der Waals surface area (Å²) in [6.45, 7) is 5.31. The molecule has 0 radical (unpaired) electrons. The Morgan fingerprint density at radius 3 is 2.87 bits per heavy atom. The Balaban J connectivity index is 1.76. The summed E-state index contributed by atoms with van der Waals surface area (Å²) in [6, 6.07) is 8.09. The molecule has 6 heteroatoms. The van der Waals surface area contributed by atoms with Gasteiger partial charge < -0.3 is 14.6 Å². The first-order valence-corrected chi connectivity index (χ1v) is 8.03. The van der Waals surface area contributed by atoms with Crippen molar-refractivity contribution in [3.05, 3.63) is 41.0 Å². The van der Waals surface area contributed by atoms with Crippen LogP contribution in [-0.4, -0.2) is 41.3 Å². The molecule has 5 nitrogen and oxygen atoms in total. The van der Waals surface area contributed by atoms with Crippen molar-refractivity contribution in [3.63, 3.8) is 0 Å². The molecule has 23 heavy (non-hydrogen) atoms. The predicted molar refractivity (Wildman–Crippen MR) is 92.1 cm³/mol. The number of ether oxygens (including phenoxy) is 1. The summed E-state index contributed by atoms with van der Waals surface area (Å²) in [5.74, 6) is 0.748. The number of halogens is 1. The van der Waals surface area contributed by atoms with Crippen molar-refractivity contribution in [1.29, 1.82) is 0 Å². The lowest BCUT2D eigenvalue weighted by Gasteiger charge is -2.29. The maximum atomic E-state index is 6.40. The number of rotatable bonds is 2. The van der Waals surface area contributed by atoms with Gasteiger partial charge in [-0.25, -0.2) is 9.97 Å². The number of morpholine rings is 1. The molecule has 3 aromatic rings. The monoisotopic (exact) mass is 328 g/mol. The molecule has 1 N–H and O–H groups in total. The van der Waals surface area contributed by atoms with Crippen molar-refractivity contribution in [2.24, 2.45) is 0 Å². The number of anilines is 1. The van der Waals surface area contributed by atoms with E-state index in [0.29, 0.717) is 10.7 Å². The zero-order valence-electron chi connectivity index (χ0n) is 12.8. The van der Waals surface area contributed by atoms with Crippen molar-refractivity contribution in [2.75, 3.05) is 31.2 Å². The molecule has 4 rings (SSSR count). The standard InChI is InChI=1S/C17H17ClN4O/c1-11-8-15-17(19-10-11)21-16(20-15)13-9-12(2-3-14(13)18)22-4-6-23-7-5-22/h2-3,8-10H,4-7H2,1H3,(H,19,20,21). The van der Waals surface area contributed by atoms with Gasteiger partial charge in [-0.15, -0.1) is 0 Å². The summed E-state index contributed by atoms with van der Waals surface area (Å²) in [4.78, 5) is 14.6. The van der Waals surface area contributed by atoms with E-state index in [2.05, 4.69) is 25.9 Å². The SMILES string of the molecule is Cc1cnc2nc(-c3cc(N4CCOCC4)ccc3Cl)[nH]c2c1. The predicted octanol–water partition coefficient (Wildman–Crippen LogP) is 3.42. The van der Waals surface area contributed by atoms with Gasteiger partial charge in [0.2, 0.25) is 0 Å². The Kier molecular flexibility index (Phi) is 3.67. The van der Waals surface area contributed by atoms with Crippen molar-refractivity contribution in [1.82, 2.24) is 15.0 Å². The molecular formula is C17H17ClN4O. The third-order valence-electron chi connectivity index (χ3n) is 4.06. The molecule has 1 aliphatic rings. The van der Waals surface area contributed by atoms with Crippen LogP contribution in [-0.2, 0) is 4.74 Å². The van der Waals surface area contributed by atoms with Gasteiger partial charge in [-0.2, -0.15) is 0 Å². The first-order valence-electron chi connectivity index (χ1n) is 7.66. The molecule has 3 heterocycles. The largest absolute Gasteiger partial charge is 0.378 e. The van der Waals surface area contributed by atoms with Gasteiger partial charge in [-0.3, -0.25) is 0 Å². The average molecular weight is 329 g/mol. The molecule has 0 saturated carbocycles. The summed E-state index contributed by atoms with van der Waals surface area (Å²) in [6.07, 6.45) is 1.82. The summed E-state index contributed by atoms with van der Waals surface area (Å²) >= 11 is 6.40. The number of pyridine rings is 1. The number of hydrogen-bond donors (Lipinski definition) is 1. The van der Waals surface area contributed by atoms with Gasteiger partial charge in [0, 0.05) is 30.5 Å². The molecule has 0 atom stereocenters. The first kappa shape index (κ1) is 14.5. The van der Waals surface area contributed by atoms with Crippen LogP contribution in [0, 0.1) is 6.92 Å². The minimum atomic E-state index is 0.679. The fourth-order valence-corrected chi connectivity index (χ4v) is 3.05. The van der Waals surface area contributed by atoms with Crippen LogP contribution in [0.15, 0.2) is 30.5 Å². The van der Waals surface area contributed by atoms with Gasteiger partial charge in [-0.05, 0) is 36.8 Å². The molecular weight excluding hydrogens is 312 g/mol. The summed E-state index contributed by atoms with van der Waals surface area (Å²) in [5, 5.41) is 0.679. The van der Waals surface area contributed by atoms with Gasteiger partial charge in [0.15, 0.2) is 5.65 Å². The van der Waals surface area contributed by atoms with Gasteiger partial charge in [-0.1, -0.05) is 11.6 Å². The van der Waals surface area contributed by atoms with Gasteiger partial charge in [0.25, 0.3) is 0 Å². The smallest absolute Gasteiger partial charge is 0.178 e. The van der Waals surface area contributed by atoms with Gasteiger partial charge in [0.05, 0.1) is 23.8 Å². The summed E-state index contributed by atoms with van der Waals surface area (Å²) < 4.78 is 5.42. The van der Waals surface area contributed by atoms with E-state index in [1.807, 2.05) is 31.3 Å². The number of aryl methyl sites for hydroxylation is 1. The van der Waals surface area contributed by atoms with Crippen molar-refractivity contribution >= 4 is 28.5 Å². The second-order valence-corrected chi connectivity index (χ2v) is 6.14. The molecule has 118 valence electrons. The van der Waals surface area contributed by atoms with Crippen LogP contribution in [0.4, 0.5) is 5.69 Å². The molecule has 0 bridgehead atoms. The Bertz CT molecular complexity index is 855. The number of nitrogens with zero attached hydrogens (tertiary/aromatic N) is 3. The number of hydrogen-bond acceptors (Lipinski definition) is 4. The Morgan fingerprint density at radius 1 is 1.22 bits per heavy atom. The van der Waals surface area contributed by atoms with Crippen molar-refractivity contribution < 1.29 is 4.74 Å². The Labute approximate surface area is 139 Å². The fraction of sp³-hybridized carbons (Fsp3) is 0.294. The van der Waals surface area contributed by atoms with Crippen LogP contribution in [0.2, 0.25) is 5.02 Å². The Hall–Kier alpha value is -2.11. The van der Waals surface area contributed by atoms with Crippen LogP contribution in [0.25, 0.3) is 22.6 Å². The second-order valence-electron chi connectivity index (χ2n) is 5.73. The minimum absolute atomic E-state index is 0.679. The molecule has 1 saturated heterocycles. The number of fused-ring (bicyclic) bond motifs is 1. The summed E-state index contributed by atoms with van der Waals surface area (Å²) in [5.41, 5.74) is 4.76. The molecule has 0 aliphatic carbocycles. The molecule has 0 spiro atoms. The zero-order chi connectivity index (χ0) is 15.8. The molecule has 1 aliphatic heterocycles. The average Bonchev–Trinajstić information content (AvgIpc) is 2.99. The quantitative estimate of drug-likeness (QED) is 0.783. The lowest BCUT2D eigenvalue weighted by molar-refractivity contribution is 0.122. The van der Waals surface area contributed by atoms with Gasteiger partial charge >= 0.3 is 0 Å². The first-order chi connectivity index (χ1) is 11.2. The zero-order valence-corrected chi connectivity index (χ0v) is 13.6. The van der Waals surface area contributed by atoms with E-state index in [4.69, 9.17) is 16.3 Å². The van der Waals surface area contributed by atoms with E-state index in [1.165, 1.54) is 0 Å². The van der Waals surface area contributed by atoms with Crippen molar-refractivity contribution in [3.8, 4) is 11.4 Å². The highest BCUT2D eigenvalue weighted by Crippen LogP contribution is 2.31. The van der Waals surface area contributed by atoms with Gasteiger partial charge in [0.1, 0.15) is 5.82 Å². The van der Waals surface area contributed by atoms with E-state index in [9.17, 15) is 0 Å². The fourth-order valence-electron chi connectivity index (χ4n) is 2.85. The van der Waals surface area contributed by atoms with E-state index in [1.54, 1.807) is 0 Å². The highest BCUT2D eigenvalue weighted by atomic mass is 35.5. The number of aromatic amines is 1. The lowest BCUT2D eigenvalue weighted by atomic mass is 10.1. The number of aromatic nitrogens is 3. The third kappa shape index (κ3) is 2.78. The van der Waals surface area contributed by atoms with Crippen LogP contribution in [0.1, 0.15) is 5.56 Å². The maximum Gasteiger partial charge on any atom is 0.178 e. The van der Waals surface area contributed by atoms with Crippen LogP contribution >= 0.6 is 11.6 Å².